The predicted octanol–water partition coefficient (Wildman–Crippen LogP) is 1.54. The molecule has 0 spiro atoms. The Kier molecular flexibility index (Phi) is 3.44. The Morgan fingerprint density at radius 3 is 2.91 bits per heavy atom. The zero-order chi connectivity index (χ0) is 15.8. The molecule has 3 atom stereocenters. The highest BCUT2D eigenvalue weighted by Crippen LogP contribution is 2.33. The summed E-state index contributed by atoms with van der Waals surface area (Å²) >= 11 is 0. The Labute approximate surface area is 134 Å². The Hall–Kier alpha value is -2.50. The average Bonchev–Trinajstić information content (AvgIpc) is 3.01. The van der Waals surface area contributed by atoms with E-state index in [1.807, 2.05) is 37.4 Å². The van der Waals surface area contributed by atoms with E-state index in [1.54, 1.807) is 6.20 Å². The van der Waals surface area contributed by atoms with Gasteiger partial charge in [-0.15, -0.1) is 0 Å². The van der Waals surface area contributed by atoms with Gasteiger partial charge in [-0.25, -0.2) is 4.98 Å². The van der Waals surface area contributed by atoms with Crippen molar-refractivity contribution in [1.82, 2.24) is 14.9 Å². The van der Waals surface area contributed by atoms with E-state index in [0.29, 0.717) is 11.5 Å². The molecule has 1 amide bonds. The van der Waals surface area contributed by atoms with Crippen molar-refractivity contribution in [2.45, 2.75) is 44.6 Å². The lowest BCUT2D eigenvalue weighted by Gasteiger charge is -2.33. The number of benzene rings is 1. The Balaban J connectivity index is 1.44. The third-order valence-corrected chi connectivity index (χ3v) is 4.38. The predicted molar refractivity (Wildman–Crippen MR) is 83.4 cm³/mol. The third kappa shape index (κ3) is 2.65. The minimum absolute atomic E-state index is 0.0946. The van der Waals surface area contributed by atoms with Crippen LogP contribution < -0.4 is 14.8 Å². The molecule has 0 fully saturated rings. The van der Waals surface area contributed by atoms with Crippen LogP contribution in [-0.4, -0.2) is 33.7 Å². The first-order valence-electron chi connectivity index (χ1n) is 7.93. The molecule has 6 heteroatoms. The van der Waals surface area contributed by atoms with Gasteiger partial charge in [-0.1, -0.05) is 12.1 Å². The van der Waals surface area contributed by atoms with Crippen molar-refractivity contribution in [1.29, 1.82) is 0 Å². The zero-order valence-electron chi connectivity index (χ0n) is 12.9. The number of aryl methyl sites for hydroxylation is 1. The van der Waals surface area contributed by atoms with Crippen LogP contribution in [0.2, 0.25) is 0 Å². The summed E-state index contributed by atoms with van der Waals surface area (Å²) in [6, 6.07) is 7.52. The topological polar surface area (TPSA) is 65.4 Å². The van der Waals surface area contributed by atoms with Gasteiger partial charge in [-0.3, -0.25) is 4.79 Å². The quantitative estimate of drug-likeness (QED) is 0.913. The number of hydrogen-bond acceptors (Lipinski definition) is 4. The summed E-state index contributed by atoms with van der Waals surface area (Å²) in [5.74, 6) is 2.26. The highest BCUT2D eigenvalue weighted by molar-refractivity contribution is 5.82. The van der Waals surface area contributed by atoms with E-state index < -0.39 is 6.10 Å². The summed E-state index contributed by atoms with van der Waals surface area (Å²) in [5.41, 5.74) is 0. The van der Waals surface area contributed by atoms with Crippen molar-refractivity contribution in [3.8, 4) is 11.5 Å². The van der Waals surface area contributed by atoms with E-state index in [9.17, 15) is 4.79 Å². The Morgan fingerprint density at radius 1 is 1.30 bits per heavy atom. The van der Waals surface area contributed by atoms with Crippen molar-refractivity contribution < 1.29 is 14.3 Å². The summed E-state index contributed by atoms with van der Waals surface area (Å²) < 4.78 is 13.7. The molecule has 2 aliphatic heterocycles. The van der Waals surface area contributed by atoms with Gasteiger partial charge >= 0.3 is 0 Å². The summed E-state index contributed by atoms with van der Waals surface area (Å²) in [6.45, 7) is 2.61. The molecule has 120 valence electrons. The van der Waals surface area contributed by atoms with E-state index in [2.05, 4.69) is 14.9 Å². The van der Waals surface area contributed by atoms with Crippen LogP contribution >= 0.6 is 0 Å². The fraction of sp³-hybridized carbons (Fsp3) is 0.412. The standard InChI is InChI=1S/C17H19N3O3/c1-11-16(23-14-5-3-2-4-13(14)22-11)17(21)19-12-6-7-15-18-8-9-20(15)10-12/h2-5,8-9,11-12,16H,6-7,10H2,1H3,(H,19,21)/t11-,12-,16-/m0/s1. The Morgan fingerprint density at radius 2 is 2.09 bits per heavy atom. The van der Waals surface area contributed by atoms with Crippen LogP contribution in [0.4, 0.5) is 0 Å². The van der Waals surface area contributed by atoms with Gasteiger partial charge in [0.2, 0.25) is 6.10 Å². The molecule has 3 heterocycles. The summed E-state index contributed by atoms with van der Waals surface area (Å²) in [6.07, 6.45) is 4.56. The van der Waals surface area contributed by atoms with Gasteiger partial charge in [-0.2, -0.15) is 0 Å². The number of ether oxygens (including phenoxy) is 2. The van der Waals surface area contributed by atoms with E-state index in [0.717, 1.165) is 25.2 Å². The number of nitrogens with zero attached hydrogens (tertiary/aromatic N) is 2. The number of nitrogens with one attached hydrogen (secondary N) is 1. The van der Waals surface area contributed by atoms with Crippen LogP contribution in [0.5, 0.6) is 11.5 Å². The molecule has 6 nitrogen and oxygen atoms in total. The maximum Gasteiger partial charge on any atom is 0.265 e. The average molecular weight is 313 g/mol. The van der Waals surface area contributed by atoms with Crippen molar-refractivity contribution in [3.63, 3.8) is 0 Å². The van der Waals surface area contributed by atoms with Crippen molar-refractivity contribution in [3.05, 3.63) is 42.5 Å². The number of amides is 1. The molecule has 1 aromatic carbocycles. The molecule has 0 unspecified atom stereocenters. The van der Waals surface area contributed by atoms with Crippen molar-refractivity contribution in [2.75, 3.05) is 0 Å². The lowest BCUT2D eigenvalue weighted by atomic mass is 10.1. The second kappa shape index (κ2) is 5.61. The van der Waals surface area contributed by atoms with E-state index in [1.165, 1.54) is 0 Å². The fourth-order valence-corrected chi connectivity index (χ4v) is 3.17. The monoisotopic (exact) mass is 313 g/mol. The molecular weight excluding hydrogens is 294 g/mol. The summed E-state index contributed by atoms with van der Waals surface area (Å²) in [7, 11) is 0. The molecule has 0 radical (unpaired) electrons. The van der Waals surface area contributed by atoms with Gasteiger partial charge in [0.15, 0.2) is 11.5 Å². The SMILES string of the molecule is C[C@@H]1Oc2ccccc2O[C@@H]1C(=O)N[C@H]1CCc2nccn2C1. The maximum absolute atomic E-state index is 12.6. The first-order valence-corrected chi connectivity index (χ1v) is 7.93. The number of rotatable bonds is 2. The number of aromatic nitrogens is 2. The minimum Gasteiger partial charge on any atom is -0.482 e. The van der Waals surface area contributed by atoms with Crippen LogP contribution in [0, 0.1) is 0 Å². The molecular formula is C17H19N3O3. The molecule has 0 aliphatic carbocycles. The molecule has 1 aromatic heterocycles. The number of hydrogen-bond donors (Lipinski definition) is 1. The van der Waals surface area contributed by atoms with Crippen LogP contribution in [0.25, 0.3) is 0 Å². The largest absolute Gasteiger partial charge is 0.482 e. The van der Waals surface area contributed by atoms with Gasteiger partial charge in [0, 0.05) is 31.4 Å². The lowest BCUT2D eigenvalue weighted by molar-refractivity contribution is -0.134. The molecule has 23 heavy (non-hydrogen) atoms. The molecule has 0 saturated carbocycles. The van der Waals surface area contributed by atoms with E-state index in [4.69, 9.17) is 9.47 Å². The second-order valence-electron chi connectivity index (χ2n) is 6.05. The van der Waals surface area contributed by atoms with Gasteiger partial charge in [0.25, 0.3) is 5.91 Å². The van der Waals surface area contributed by atoms with Crippen molar-refractivity contribution >= 4 is 5.91 Å². The highest BCUT2D eigenvalue weighted by atomic mass is 16.6. The van der Waals surface area contributed by atoms with Crippen LogP contribution in [0.3, 0.4) is 0 Å². The number of carbonyl (C=O) groups is 1. The number of imidazole rings is 1. The molecule has 0 bridgehead atoms. The number of fused-ring (bicyclic) bond motifs is 2. The summed E-state index contributed by atoms with van der Waals surface area (Å²) in [5, 5.41) is 3.09. The van der Waals surface area contributed by atoms with Crippen molar-refractivity contribution in [2.24, 2.45) is 0 Å². The Bertz CT molecular complexity index is 727. The summed E-state index contributed by atoms with van der Waals surface area (Å²) in [4.78, 5) is 16.9. The van der Waals surface area contributed by atoms with Crippen LogP contribution in [0.15, 0.2) is 36.7 Å². The second-order valence-corrected chi connectivity index (χ2v) is 6.05. The fourth-order valence-electron chi connectivity index (χ4n) is 3.17. The molecule has 2 aliphatic rings. The van der Waals surface area contributed by atoms with Gasteiger partial charge in [0.1, 0.15) is 11.9 Å². The third-order valence-electron chi connectivity index (χ3n) is 4.38. The minimum atomic E-state index is -0.630. The van der Waals surface area contributed by atoms with Gasteiger partial charge < -0.3 is 19.4 Å². The van der Waals surface area contributed by atoms with Crippen LogP contribution in [0.1, 0.15) is 19.2 Å². The molecule has 4 rings (SSSR count). The lowest BCUT2D eigenvalue weighted by Crippen LogP contribution is -2.52. The molecule has 2 aromatic rings. The first kappa shape index (κ1) is 14.1. The normalized spacial score (nSPS) is 25.5. The number of para-hydroxylation sites is 2. The van der Waals surface area contributed by atoms with E-state index in [-0.39, 0.29) is 18.1 Å². The smallest absolute Gasteiger partial charge is 0.265 e. The molecule has 0 saturated heterocycles. The van der Waals surface area contributed by atoms with Gasteiger partial charge in [0.05, 0.1) is 0 Å². The van der Waals surface area contributed by atoms with Gasteiger partial charge in [-0.05, 0) is 25.5 Å². The first-order chi connectivity index (χ1) is 11.2. The zero-order valence-corrected chi connectivity index (χ0v) is 12.9. The highest BCUT2D eigenvalue weighted by Gasteiger charge is 2.35. The number of carbonyl (C=O) groups excluding carboxylic acids is 1. The maximum atomic E-state index is 12.6. The van der Waals surface area contributed by atoms with Crippen LogP contribution in [-0.2, 0) is 17.8 Å². The van der Waals surface area contributed by atoms with E-state index >= 15 is 0 Å². The molecule has 1 N–H and O–H groups in total.